The van der Waals surface area contributed by atoms with Gasteiger partial charge in [0.15, 0.2) is 4.90 Å². The van der Waals surface area contributed by atoms with Gasteiger partial charge in [-0.2, -0.15) is 11.8 Å². The van der Waals surface area contributed by atoms with Crippen LogP contribution in [-0.2, 0) is 15.8 Å². The zero-order valence-corrected chi connectivity index (χ0v) is 16.0. The van der Waals surface area contributed by atoms with E-state index in [4.69, 9.17) is 28.4 Å². The molecule has 0 aliphatic rings. The fourth-order valence-electron chi connectivity index (χ4n) is 2.01. The molecule has 0 aliphatic heterocycles. The Morgan fingerprint density at radius 1 is 1.08 bits per heavy atom. The van der Waals surface area contributed by atoms with E-state index in [2.05, 4.69) is 4.72 Å². The lowest BCUT2D eigenvalue weighted by Crippen LogP contribution is -2.26. The first-order valence-corrected chi connectivity index (χ1v) is 10.5. The molecule has 0 saturated carbocycles. The summed E-state index contributed by atoms with van der Waals surface area (Å²) in [4.78, 5) is 10.3. The average Bonchev–Trinajstić information content (AvgIpc) is 2.57. The molecule has 0 heterocycles. The molecule has 0 atom stereocenters. The van der Waals surface area contributed by atoms with Crippen LogP contribution < -0.4 is 4.72 Å². The summed E-state index contributed by atoms with van der Waals surface area (Å²) in [5.74, 6) is 1.02. The van der Waals surface area contributed by atoms with Gasteiger partial charge in [0.1, 0.15) is 0 Å². The van der Waals surface area contributed by atoms with Crippen molar-refractivity contribution in [3.63, 3.8) is 0 Å². The summed E-state index contributed by atoms with van der Waals surface area (Å²) in [5.41, 5.74) is 0.455. The van der Waals surface area contributed by atoms with E-state index in [1.54, 1.807) is 18.2 Å². The van der Waals surface area contributed by atoms with Crippen LogP contribution in [0.1, 0.15) is 5.56 Å². The molecule has 0 spiro atoms. The van der Waals surface area contributed by atoms with Gasteiger partial charge in [-0.25, -0.2) is 18.3 Å². The number of thioether (sulfide) groups is 1. The number of nitrogens with zero attached hydrogens (tertiary/aromatic N) is 1. The first kappa shape index (κ1) is 20.0. The van der Waals surface area contributed by atoms with E-state index in [9.17, 15) is 13.3 Å². The Morgan fingerprint density at radius 2 is 1.72 bits per heavy atom. The maximum absolute atomic E-state index is 12.3. The van der Waals surface area contributed by atoms with Gasteiger partial charge >= 0.3 is 5.69 Å². The number of sulfonamides is 1. The normalized spacial score (nSPS) is 11.4. The van der Waals surface area contributed by atoms with Crippen molar-refractivity contribution < 1.29 is 18.5 Å². The van der Waals surface area contributed by atoms with Crippen molar-refractivity contribution in [1.82, 2.24) is 4.72 Å². The highest BCUT2D eigenvalue weighted by molar-refractivity contribution is 7.98. The summed E-state index contributed by atoms with van der Waals surface area (Å²) < 4.78 is 26.9. The van der Waals surface area contributed by atoms with E-state index in [1.807, 2.05) is 0 Å². The highest BCUT2D eigenvalue weighted by atomic mass is 35.5. The van der Waals surface area contributed by atoms with Crippen molar-refractivity contribution in [2.75, 3.05) is 12.3 Å². The molecule has 2 N–H and O–H groups in total. The largest absolute Gasteiger partial charge is 0.336 e. The van der Waals surface area contributed by atoms with Crippen LogP contribution in [0.3, 0.4) is 0 Å². The molecule has 10 heteroatoms. The van der Waals surface area contributed by atoms with Gasteiger partial charge in [0.05, 0.1) is 4.91 Å². The Labute approximate surface area is 159 Å². The molecule has 0 amide bonds. The third kappa shape index (κ3) is 5.32. The fourth-order valence-corrected chi connectivity index (χ4v) is 4.94. The molecular formula is C15H15Cl2N2O4S2+. The molecule has 0 bridgehead atoms. The van der Waals surface area contributed by atoms with Crippen LogP contribution in [0.15, 0.2) is 47.4 Å². The third-order valence-corrected chi connectivity index (χ3v) is 6.41. The standard InChI is InChI=1S/C15H15Cl2N2O4S2/c16-12-4-3-5-13(17)11(12)10-24-9-8-18-25(22,23)15-7-2-1-6-14(15)19(20)21/h1-7,18H,8-10H2,(H,20,21)/q+1. The number of para-hydroxylation sites is 1. The van der Waals surface area contributed by atoms with Crippen LogP contribution in [0.5, 0.6) is 0 Å². The number of rotatable bonds is 8. The predicted molar refractivity (Wildman–Crippen MR) is 99.3 cm³/mol. The summed E-state index contributed by atoms with van der Waals surface area (Å²) in [6.45, 7) is 0.147. The van der Waals surface area contributed by atoms with Crippen LogP contribution >= 0.6 is 35.0 Å². The van der Waals surface area contributed by atoms with E-state index in [0.29, 0.717) is 21.6 Å². The smallest absolute Gasteiger partial charge is 0.241 e. The lowest BCUT2D eigenvalue weighted by atomic mass is 10.2. The first-order valence-electron chi connectivity index (χ1n) is 7.08. The minimum Gasteiger partial charge on any atom is -0.241 e. The van der Waals surface area contributed by atoms with Crippen molar-refractivity contribution in [3.8, 4) is 0 Å². The second-order valence-corrected chi connectivity index (χ2v) is 8.55. The van der Waals surface area contributed by atoms with E-state index in [1.165, 1.54) is 36.0 Å². The van der Waals surface area contributed by atoms with Gasteiger partial charge in [-0.05, 0) is 23.8 Å². The highest BCUT2D eigenvalue weighted by Gasteiger charge is 2.27. The van der Waals surface area contributed by atoms with Gasteiger partial charge < -0.3 is 0 Å². The second kappa shape index (κ2) is 8.86. The SMILES string of the molecule is O=[N+](O)c1ccccc1S(=O)(=O)NCCSCc1c(Cl)cccc1Cl. The molecule has 0 saturated heterocycles. The lowest BCUT2D eigenvalue weighted by molar-refractivity contribution is -0.731. The number of hydrogen-bond acceptors (Lipinski definition) is 4. The molecule has 0 aromatic heterocycles. The van der Waals surface area contributed by atoms with Crippen molar-refractivity contribution in [1.29, 1.82) is 0 Å². The monoisotopic (exact) mass is 421 g/mol. The molecule has 0 unspecified atom stereocenters. The van der Waals surface area contributed by atoms with E-state index >= 15 is 0 Å². The number of benzene rings is 2. The summed E-state index contributed by atoms with van der Waals surface area (Å²) in [7, 11) is -3.91. The second-order valence-electron chi connectivity index (χ2n) is 4.89. The van der Waals surface area contributed by atoms with Crippen LogP contribution in [0.25, 0.3) is 0 Å². The summed E-state index contributed by atoms with van der Waals surface area (Å²) in [6.07, 6.45) is 0. The number of hydrogen-bond donors (Lipinski definition) is 2. The van der Waals surface area contributed by atoms with Gasteiger partial charge in [-0.1, -0.05) is 41.4 Å². The van der Waals surface area contributed by atoms with Gasteiger partial charge in [0, 0.05) is 34.2 Å². The van der Waals surface area contributed by atoms with Crippen LogP contribution in [0.4, 0.5) is 5.69 Å². The Morgan fingerprint density at radius 3 is 2.36 bits per heavy atom. The lowest BCUT2D eigenvalue weighted by Gasteiger charge is -2.08. The molecule has 2 aromatic rings. The highest BCUT2D eigenvalue weighted by Crippen LogP contribution is 2.28. The summed E-state index contributed by atoms with van der Waals surface area (Å²) in [6, 6.07) is 10.6. The minimum atomic E-state index is -3.91. The van der Waals surface area contributed by atoms with Crippen molar-refractivity contribution >= 4 is 50.7 Å². The Hall–Kier alpha value is -1.32. The average molecular weight is 422 g/mol. The predicted octanol–water partition coefficient (Wildman–Crippen LogP) is 4.00. The zero-order chi connectivity index (χ0) is 18.4. The Bertz CT molecular complexity index is 855. The topological polar surface area (TPSA) is 86.5 Å². The minimum absolute atomic E-state index is 0.147. The molecule has 134 valence electrons. The van der Waals surface area contributed by atoms with Crippen molar-refractivity contribution in [3.05, 3.63) is 63.0 Å². The maximum atomic E-state index is 12.3. The van der Waals surface area contributed by atoms with E-state index < -0.39 is 14.9 Å². The molecule has 0 aliphatic carbocycles. The summed E-state index contributed by atoms with van der Waals surface area (Å²) >= 11 is 13.6. The van der Waals surface area contributed by atoms with Crippen molar-refractivity contribution in [2.45, 2.75) is 10.6 Å². The van der Waals surface area contributed by atoms with Gasteiger partial charge in [-0.3, -0.25) is 0 Å². The van der Waals surface area contributed by atoms with Gasteiger partial charge in [0.2, 0.25) is 10.0 Å². The van der Waals surface area contributed by atoms with Crippen LogP contribution in [-0.4, -0.2) is 30.8 Å². The van der Waals surface area contributed by atoms with E-state index in [0.717, 1.165) is 5.56 Å². The van der Waals surface area contributed by atoms with Gasteiger partial charge in [0.25, 0.3) is 4.92 Å². The third-order valence-electron chi connectivity index (χ3n) is 3.21. The molecular weight excluding hydrogens is 407 g/mol. The first-order chi connectivity index (χ1) is 11.8. The fraction of sp³-hybridized carbons (Fsp3) is 0.200. The molecule has 2 aromatic carbocycles. The van der Waals surface area contributed by atoms with Crippen LogP contribution in [0, 0.1) is 4.91 Å². The van der Waals surface area contributed by atoms with Crippen LogP contribution in [0.2, 0.25) is 10.0 Å². The van der Waals surface area contributed by atoms with Crippen molar-refractivity contribution in [2.24, 2.45) is 0 Å². The summed E-state index contributed by atoms with van der Waals surface area (Å²) in [5, 5.41) is 10.1. The zero-order valence-electron chi connectivity index (χ0n) is 12.9. The molecule has 2 rings (SSSR count). The Balaban J connectivity index is 1.92. The molecule has 0 fully saturated rings. The quantitative estimate of drug-likeness (QED) is 0.496. The van der Waals surface area contributed by atoms with Gasteiger partial charge in [-0.15, -0.1) is 0 Å². The Kier molecular flexibility index (Phi) is 7.09. The molecule has 0 radical (unpaired) electrons. The number of nitrogens with one attached hydrogen (secondary N) is 1. The van der Waals surface area contributed by atoms with E-state index in [-0.39, 0.29) is 17.1 Å². The molecule has 6 nitrogen and oxygen atoms in total. The maximum Gasteiger partial charge on any atom is 0.336 e. The number of halogens is 2. The molecule has 25 heavy (non-hydrogen) atoms.